The number of rotatable bonds is 2. The van der Waals surface area contributed by atoms with Crippen molar-refractivity contribution in [2.75, 3.05) is 5.32 Å². The number of hydrogen-bond donors (Lipinski definition) is 1. The number of pyridine rings is 1. The normalized spacial score (nSPS) is 10.8. The average molecular weight is 404 g/mol. The maximum atomic E-state index is 12.2. The SMILES string of the molecule is O=C(Nc1c(Cl)cc(Cl)c2nsnc12)c1ccc(Br)cn1. The predicted molar refractivity (Wildman–Crippen MR) is 87.3 cm³/mol. The van der Waals surface area contributed by atoms with Crippen molar-refractivity contribution in [1.29, 1.82) is 0 Å². The number of amides is 1. The molecule has 1 N–H and O–H groups in total. The van der Waals surface area contributed by atoms with E-state index >= 15 is 0 Å². The third-order valence-corrected chi connectivity index (χ3v) is 4.23. The summed E-state index contributed by atoms with van der Waals surface area (Å²) in [5.74, 6) is -0.388. The van der Waals surface area contributed by atoms with Crippen molar-refractivity contribution >= 4 is 73.5 Å². The monoisotopic (exact) mass is 402 g/mol. The van der Waals surface area contributed by atoms with Gasteiger partial charge in [0.1, 0.15) is 16.7 Å². The molecular weight excluding hydrogens is 399 g/mol. The Morgan fingerprint density at radius 3 is 2.67 bits per heavy atom. The van der Waals surface area contributed by atoms with Gasteiger partial charge < -0.3 is 5.32 Å². The number of carbonyl (C=O) groups excluding carboxylic acids is 1. The Hall–Kier alpha value is -1.28. The Morgan fingerprint density at radius 1 is 1.19 bits per heavy atom. The van der Waals surface area contributed by atoms with Gasteiger partial charge >= 0.3 is 0 Å². The molecule has 0 unspecified atom stereocenters. The average Bonchev–Trinajstić information content (AvgIpc) is 2.93. The van der Waals surface area contributed by atoms with E-state index in [1.54, 1.807) is 18.3 Å². The fraction of sp³-hybridized carbons (Fsp3) is 0. The third kappa shape index (κ3) is 2.87. The molecule has 9 heteroatoms. The van der Waals surface area contributed by atoms with E-state index in [2.05, 4.69) is 35.0 Å². The van der Waals surface area contributed by atoms with Gasteiger partial charge in [-0.1, -0.05) is 23.2 Å². The van der Waals surface area contributed by atoms with Crippen molar-refractivity contribution in [2.24, 2.45) is 0 Å². The topological polar surface area (TPSA) is 67.8 Å². The summed E-state index contributed by atoms with van der Waals surface area (Å²) in [6.07, 6.45) is 1.54. The molecule has 1 amide bonds. The molecule has 3 aromatic rings. The van der Waals surface area contributed by atoms with E-state index in [1.807, 2.05) is 0 Å². The highest BCUT2D eigenvalue weighted by atomic mass is 79.9. The maximum absolute atomic E-state index is 12.2. The molecule has 0 aliphatic carbocycles. The predicted octanol–water partition coefficient (Wildman–Crippen LogP) is 4.41. The van der Waals surface area contributed by atoms with Crippen molar-refractivity contribution in [3.8, 4) is 0 Å². The number of benzene rings is 1. The summed E-state index contributed by atoms with van der Waals surface area (Å²) in [5, 5.41) is 3.39. The van der Waals surface area contributed by atoms with E-state index in [4.69, 9.17) is 23.2 Å². The summed E-state index contributed by atoms with van der Waals surface area (Å²) in [6.45, 7) is 0. The van der Waals surface area contributed by atoms with Crippen LogP contribution in [-0.2, 0) is 0 Å². The lowest BCUT2D eigenvalue weighted by molar-refractivity contribution is 0.102. The Balaban J connectivity index is 2.00. The lowest BCUT2D eigenvalue weighted by Crippen LogP contribution is -2.14. The molecule has 0 radical (unpaired) electrons. The summed E-state index contributed by atoms with van der Waals surface area (Å²) >= 11 is 16.4. The van der Waals surface area contributed by atoms with Crippen molar-refractivity contribution in [3.63, 3.8) is 0 Å². The minimum atomic E-state index is -0.388. The van der Waals surface area contributed by atoms with E-state index in [0.717, 1.165) is 16.2 Å². The zero-order valence-electron chi connectivity index (χ0n) is 10.1. The summed E-state index contributed by atoms with van der Waals surface area (Å²) < 4.78 is 8.99. The van der Waals surface area contributed by atoms with Crippen LogP contribution in [0.3, 0.4) is 0 Å². The van der Waals surface area contributed by atoms with Crippen molar-refractivity contribution in [1.82, 2.24) is 13.7 Å². The molecule has 106 valence electrons. The van der Waals surface area contributed by atoms with Crippen LogP contribution >= 0.6 is 50.9 Å². The Bertz CT molecular complexity index is 837. The fourth-order valence-corrected chi connectivity index (χ4v) is 3.07. The van der Waals surface area contributed by atoms with Crippen molar-refractivity contribution in [3.05, 3.63) is 44.6 Å². The highest BCUT2D eigenvalue weighted by molar-refractivity contribution is 9.10. The molecule has 0 atom stereocenters. The first-order chi connectivity index (χ1) is 10.1. The second kappa shape index (κ2) is 5.84. The van der Waals surface area contributed by atoms with Gasteiger partial charge in [0.05, 0.1) is 27.5 Å². The summed E-state index contributed by atoms with van der Waals surface area (Å²) in [6, 6.07) is 4.85. The number of carbonyl (C=O) groups is 1. The Kier molecular flexibility index (Phi) is 4.08. The number of nitrogens with one attached hydrogen (secondary N) is 1. The van der Waals surface area contributed by atoms with Gasteiger partial charge in [0.2, 0.25) is 0 Å². The first-order valence-electron chi connectivity index (χ1n) is 5.59. The van der Waals surface area contributed by atoms with Gasteiger partial charge in [-0.2, -0.15) is 8.75 Å². The molecule has 1 aromatic carbocycles. The summed E-state index contributed by atoms with van der Waals surface area (Å²) in [7, 11) is 0. The number of aromatic nitrogens is 3. The first-order valence-corrected chi connectivity index (χ1v) is 7.87. The third-order valence-electron chi connectivity index (χ3n) is 2.64. The molecule has 2 heterocycles. The van der Waals surface area contributed by atoms with Crippen LogP contribution in [-0.4, -0.2) is 19.6 Å². The van der Waals surface area contributed by atoms with Gasteiger partial charge in [0, 0.05) is 10.7 Å². The quantitative estimate of drug-likeness (QED) is 0.688. The van der Waals surface area contributed by atoms with Crippen LogP contribution in [0, 0.1) is 0 Å². The molecule has 5 nitrogen and oxygen atoms in total. The van der Waals surface area contributed by atoms with Crippen LogP contribution in [0.2, 0.25) is 10.0 Å². The van der Waals surface area contributed by atoms with Crippen LogP contribution in [0.15, 0.2) is 28.9 Å². The standard InChI is InChI=1S/C12H5BrCl2N4OS/c13-5-1-2-8(16-4-5)12(20)17-9-6(14)3-7(15)10-11(9)19-21-18-10/h1-4H,(H,17,20). The zero-order chi connectivity index (χ0) is 15.0. The molecule has 0 aliphatic rings. The number of nitrogens with zero attached hydrogens (tertiary/aromatic N) is 3. The number of hydrogen-bond acceptors (Lipinski definition) is 5. The van der Waals surface area contributed by atoms with Gasteiger partial charge in [-0.25, -0.2) is 4.98 Å². The molecule has 0 fully saturated rings. The Morgan fingerprint density at radius 2 is 1.95 bits per heavy atom. The lowest BCUT2D eigenvalue weighted by atomic mass is 10.2. The molecule has 0 spiro atoms. The molecule has 0 saturated carbocycles. The van der Waals surface area contributed by atoms with Gasteiger partial charge in [-0.3, -0.25) is 4.79 Å². The lowest BCUT2D eigenvalue weighted by Gasteiger charge is -2.08. The molecule has 0 aliphatic heterocycles. The largest absolute Gasteiger partial charge is 0.317 e. The molecule has 2 aromatic heterocycles. The maximum Gasteiger partial charge on any atom is 0.274 e. The minimum Gasteiger partial charge on any atom is -0.317 e. The van der Waals surface area contributed by atoms with Gasteiger partial charge in [0.25, 0.3) is 5.91 Å². The van der Waals surface area contributed by atoms with E-state index < -0.39 is 0 Å². The molecule has 0 bridgehead atoms. The smallest absolute Gasteiger partial charge is 0.274 e. The van der Waals surface area contributed by atoms with Crippen LogP contribution < -0.4 is 5.32 Å². The van der Waals surface area contributed by atoms with Gasteiger partial charge in [0.15, 0.2) is 0 Å². The molecular formula is C12H5BrCl2N4OS. The second-order valence-electron chi connectivity index (χ2n) is 3.99. The highest BCUT2D eigenvalue weighted by Crippen LogP contribution is 2.35. The van der Waals surface area contributed by atoms with Crippen LogP contribution in [0.25, 0.3) is 11.0 Å². The van der Waals surface area contributed by atoms with Crippen LogP contribution in [0.1, 0.15) is 10.5 Å². The molecule has 3 rings (SSSR count). The van der Waals surface area contributed by atoms with Crippen LogP contribution in [0.4, 0.5) is 5.69 Å². The minimum absolute atomic E-state index is 0.264. The van der Waals surface area contributed by atoms with E-state index in [0.29, 0.717) is 26.8 Å². The van der Waals surface area contributed by atoms with E-state index in [1.165, 1.54) is 6.07 Å². The van der Waals surface area contributed by atoms with Crippen molar-refractivity contribution < 1.29 is 4.79 Å². The zero-order valence-corrected chi connectivity index (χ0v) is 14.0. The van der Waals surface area contributed by atoms with E-state index in [9.17, 15) is 4.79 Å². The fourth-order valence-electron chi connectivity index (χ4n) is 1.68. The van der Waals surface area contributed by atoms with Crippen LogP contribution in [0.5, 0.6) is 0 Å². The molecule has 0 saturated heterocycles. The van der Waals surface area contributed by atoms with Crippen molar-refractivity contribution in [2.45, 2.75) is 0 Å². The summed E-state index contributed by atoms with van der Waals surface area (Å²) in [5.41, 5.74) is 1.60. The Labute approximate surface area is 141 Å². The molecule has 21 heavy (non-hydrogen) atoms. The number of fused-ring (bicyclic) bond motifs is 1. The van der Waals surface area contributed by atoms with Gasteiger partial charge in [-0.05, 0) is 34.1 Å². The highest BCUT2D eigenvalue weighted by Gasteiger charge is 2.17. The number of halogens is 3. The summed E-state index contributed by atoms with van der Waals surface area (Å²) in [4.78, 5) is 16.2. The van der Waals surface area contributed by atoms with E-state index in [-0.39, 0.29) is 11.6 Å². The second-order valence-corrected chi connectivity index (χ2v) is 6.25. The number of anilines is 1. The first kappa shape index (κ1) is 14.6. The van der Waals surface area contributed by atoms with Gasteiger partial charge in [-0.15, -0.1) is 0 Å².